The van der Waals surface area contributed by atoms with Crippen LogP contribution >= 0.6 is 11.6 Å². The smallest absolute Gasteiger partial charge is 0.263 e. The lowest BCUT2D eigenvalue weighted by atomic mass is 10.1. The molecule has 3 rings (SSSR count). The molecule has 1 fully saturated rings. The summed E-state index contributed by atoms with van der Waals surface area (Å²) < 4.78 is 35.6. The van der Waals surface area contributed by atoms with Crippen LogP contribution in [-0.4, -0.2) is 49.5 Å². The van der Waals surface area contributed by atoms with Gasteiger partial charge in [-0.3, -0.25) is 4.79 Å². The van der Waals surface area contributed by atoms with Crippen molar-refractivity contribution < 1.29 is 22.7 Å². The fourth-order valence-electron chi connectivity index (χ4n) is 3.53. The molecule has 2 unspecified atom stereocenters. The third kappa shape index (κ3) is 6.37. The van der Waals surface area contributed by atoms with Crippen molar-refractivity contribution in [3.05, 3.63) is 59.1 Å². The average Bonchev–Trinajstić information content (AvgIpc) is 3.11. The van der Waals surface area contributed by atoms with Crippen LogP contribution in [0.2, 0.25) is 5.02 Å². The van der Waals surface area contributed by atoms with E-state index in [4.69, 9.17) is 21.1 Å². The quantitative estimate of drug-likeness (QED) is 0.557. The molecular formula is C23H28ClNO5S. The summed E-state index contributed by atoms with van der Waals surface area (Å²) in [5.74, 6) is 0.970. The number of carbonyl (C=O) groups excluding carboxylic acids is 1. The molecule has 1 aliphatic heterocycles. The first-order valence-corrected chi connectivity index (χ1v) is 12.6. The Kier molecular flexibility index (Phi) is 7.84. The van der Waals surface area contributed by atoms with E-state index in [0.29, 0.717) is 30.3 Å². The maximum atomic E-state index is 13.3. The van der Waals surface area contributed by atoms with E-state index in [1.807, 2.05) is 31.2 Å². The maximum Gasteiger partial charge on any atom is 0.263 e. The molecule has 0 saturated carbocycles. The first kappa shape index (κ1) is 23.4. The van der Waals surface area contributed by atoms with Gasteiger partial charge in [0.25, 0.3) is 5.91 Å². The molecule has 0 radical (unpaired) electrons. The minimum Gasteiger partial charge on any atom is -0.494 e. The number of benzene rings is 2. The summed E-state index contributed by atoms with van der Waals surface area (Å²) in [6.45, 7) is 4.63. The van der Waals surface area contributed by atoms with Crippen molar-refractivity contribution in [2.45, 2.75) is 45.4 Å². The molecule has 6 nitrogen and oxygen atoms in total. The molecule has 0 aromatic heterocycles. The standard InChI is InChI=1S/C23H28ClNO5S/c1-3-13-29-20-10-8-18(9-11-20)15-25(19-12-14-31(27,28)16-19)23(26)17(2)30-22-7-5-4-6-21(22)24/h4-11,17,19H,3,12-16H2,1-2H3. The zero-order valence-corrected chi connectivity index (χ0v) is 19.4. The van der Waals surface area contributed by atoms with Crippen molar-refractivity contribution in [3.8, 4) is 11.5 Å². The Labute approximate surface area is 189 Å². The van der Waals surface area contributed by atoms with E-state index >= 15 is 0 Å². The van der Waals surface area contributed by atoms with Gasteiger partial charge in [-0.15, -0.1) is 0 Å². The summed E-state index contributed by atoms with van der Waals surface area (Å²) in [7, 11) is -3.15. The number of ether oxygens (including phenoxy) is 2. The molecule has 0 N–H and O–H groups in total. The van der Waals surface area contributed by atoms with E-state index in [-0.39, 0.29) is 23.5 Å². The molecule has 0 aliphatic carbocycles. The highest BCUT2D eigenvalue weighted by molar-refractivity contribution is 7.91. The number of sulfone groups is 1. The number of amides is 1. The van der Waals surface area contributed by atoms with E-state index in [1.54, 1.807) is 36.1 Å². The van der Waals surface area contributed by atoms with Crippen molar-refractivity contribution in [2.75, 3.05) is 18.1 Å². The first-order chi connectivity index (χ1) is 14.8. The zero-order valence-electron chi connectivity index (χ0n) is 17.8. The van der Waals surface area contributed by atoms with Gasteiger partial charge in [0.15, 0.2) is 15.9 Å². The molecular weight excluding hydrogens is 438 g/mol. The van der Waals surface area contributed by atoms with Gasteiger partial charge >= 0.3 is 0 Å². The van der Waals surface area contributed by atoms with Crippen molar-refractivity contribution in [2.24, 2.45) is 0 Å². The lowest BCUT2D eigenvalue weighted by Gasteiger charge is -2.31. The number of hydrogen-bond donors (Lipinski definition) is 0. The highest BCUT2D eigenvalue weighted by atomic mass is 35.5. The fraction of sp³-hybridized carbons (Fsp3) is 0.435. The molecule has 8 heteroatoms. The van der Waals surface area contributed by atoms with Crippen LogP contribution in [0.3, 0.4) is 0 Å². The van der Waals surface area contributed by atoms with E-state index in [9.17, 15) is 13.2 Å². The first-order valence-electron chi connectivity index (χ1n) is 10.4. The second kappa shape index (κ2) is 10.4. The number of para-hydroxylation sites is 1. The minimum absolute atomic E-state index is 0.0325. The third-order valence-corrected chi connectivity index (χ3v) is 7.23. The predicted molar refractivity (Wildman–Crippen MR) is 121 cm³/mol. The van der Waals surface area contributed by atoms with Crippen molar-refractivity contribution >= 4 is 27.3 Å². The SMILES string of the molecule is CCCOc1ccc(CN(C(=O)C(C)Oc2ccccc2Cl)C2CCS(=O)(=O)C2)cc1. The van der Waals surface area contributed by atoms with Gasteiger partial charge in [-0.1, -0.05) is 42.8 Å². The van der Waals surface area contributed by atoms with Gasteiger partial charge in [-0.25, -0.2) is 8.42 Å². The summed E-state index contributed by atoms with van der Waals surface area (Å²) in [5.41, 5.74) is 0.895. The highest BCUT2D eigenvalue weighted by Gasteiger charge is 2.36. The molecule has 1 aliphatic rings. The molecule has 0 bridgehead atoms. The summed E-state index contributed by atoms with van der Waals surface area (Å²) >= 11 is 6.16. The molecule has 31 heavy (non-hydrogen) atoms. The Bertz CT molecular complexity index is 993. The Balaban J connectivity index is 1.77. The topological polar surface area (TPSA) is 72.9 Å². The Morgan fingerprint density at radius 3 is 2.52 bits per heavy atom. The largest absolute Gasteiger partial charge is 0.494 e. The lowest BCUT2D eigenvalue weighted by molar-refractivity contribution is -0.140. The van der Waals surface area contributed by atoms with Crippen LogP contribution in [0, 0.1) is 0 Å². The molecule has 0 spiro atoms. The molecule has 1 amide bonds. The molecule has 2 aromatic carbocycles. The van der Waals surface area contributed by atoms with Crippen LogP contribution in [0.5, 0.6) is 11.5 Å². The van der Waals surface area contributed by atoms with E-state index < -0.39 is 15.9 Å². The van der Waals surface area contributed by atoms with Crippen molar-refractivity contribution in [3.63, 3.8) is 0 Å². The summed E-state index contributed by atoms with van der Waals surface area (Å²) in [6, 6.07) is 14.1. The van der Waals surface area contributed by atoms with Crippen LogP contribution in [0.15, 0.2) is 48.5 Å². The summed E-state index contributed by atoms with van der Waals surface area (Å²) in [5, 5.41) is 0.416. The van der Waals surface area contributed by atoms with E-state index in [0.717, 1.165) is 17.7 Å². The second-order valence-electron chi connectivity index (χ2n) is 7.71. The predicted octanol–water partition coefficient (Wildman–Crippen LogP) is 4.11. The van der Waals surface area contributed by atoms with Crippen LogP contribution in [-0.2, 0) is 21.2 Å². The van der Waals surface area contributed by atoms with Crippen LogP contribution < -0.4 is 9.47 Å². The van der Waals surface area contributed by atoms with Gasteiger partial charge in [0.2, 0.25) is 0 Å². The molecule has 1 saturated heterocycles. The average molecular weight is 466 g/mol. The van der Waals surface area contributed by atoms with Gasteiger partial charge in [0, 0.05) is 12.6 Å². The van der Waals surface area contributed by atoms with Gasteiger partial charge in [0.1, 0.15) is 11.5 Å². The second-order valence-corrected chi connectivity index (χ2v) is 10.3. The monoisotopic (exact) mass is 465 g/mol. The summed E-state index contributed by atoms with van der Waals surface area (Å²) in [4.78, 5) is 14.9. The number of carbonyl (C=O) groups is 1. The van der Waals surface area contributed by atoms with Gasteiger partial charge in [-0.2, -0.15) is 0 Å². The number of halogens is 1. The molecule has 1 heterocycles. The minimum atomic E-state index is -3.15. The number of nitrogens with zero attached hydrogens (tertiary/aromatic N) is 1. The lowest BCUT2D eigenvalue weighted by Crippen LogP contribution is -2.46. The third-order valence-electron chi connectivity index (χ3n) is 5.17. The van der Waals surface area contributed by atoms with E-state index in [1.165, 1.54) is 0 Å². The Morgan fingerprint density at radius 1 is 1.19 bits per heavy atom. The van der Waals surface area contributed by atoms with Crippen molar-refractivity contribution in [1.29, 1.82) is 0 Å². The highest BCUT2D eigenvalue weighted by Crippen LogP contribution is 2.26. The Hall–Kier alpha value is -2.25. The van der Waals surface area contributed by atoms with Gasteiger partial charge in [-0.05, 0) is 49.6 Å². The van der Waals surface area contributed by atoms with Crippen LogP contribution in [0.25, 0.3) is 0 Å². The normalized spacial score (nSPS) is 18.4. The Morgan fingerprint density at radius 2 is 1.90 bits per heavy atom. The van der Waals surface area contributed by atoms with Crippen molar-refractivity contribution in [1.82, 2.24) is 4.90 Å². The number of hydrogen-bond acceptors (Lipinski definition) is 5. The molecule has 2 atom stereocenters. The zero-order chi connectivity index (χ0) is 22.4. The van der Waals surface area contributed by atoms with Gasteiger partial charge in [0.05, 0.1) is 23.1 Å². The maximum absolute atomic E-state index is 13.3. The molecule has 2 aromatic rings. The fourth-order valence-corrected chi connectivity index (χ4v) is 5.44. The summed E-state index contributed by atoms with van der Waals surface area (Å²) in [6.07, 6.45) is 0.532. The van der Waals surface area contributed by atoms with Gasteiger partial charge < -0.3 is 14.4 Å². The van der Waals surface area contributed by atoms with Crippen LogP contribution in [0.1, 0.15) is 32.3 Å². The van der Waals surface area contributed by atoms with Crippen LogP contribution in [0.4, 0.5) is 0 Å². The molecule has 168 valence electrons. The van der Waals surface area contributed by atoms with E-state index in [2.05, 4.69) is 0 Å². The number of rotatable bonds is 9.